The number of benzene rings is 1. The highest BCUT2D eigenvalue weighted by Gasteiger charge is 2.37. The predicted molar refractivity (Wildman–Crippen MR) is 138 cm³/mol. The number of nitrogens with zero attached hydrogens (tertiary/aromatic N) is 1. The lowest BCUT2D eigenvalue weighted by atomic mass is 9.93. The summed E-state index contributed by atoms with van der Waals surface area (Å²) in [6.07, 6.45) is -2.29. The molecule has 10 nitrogen and oxygen atoms in total. The van der Waals surface area contributed by atoms with Gasteiger partial charge in [0.15, 0.2) is 0 Å². The van der Waals surface area contributed by atoms with E-state index in [-0.39, 0.29) is 48.6 Å². The SMILES string of the molecule is O=C(NC1CCC1)N[C@@H](CNC(=O)c1ccc(Cl)s1)C(=O)Nc1ccc(N2CCOCC2=O)c(C(F)(F)F)c1. The Morgan fingerprint density at radius 2 is 1.95 bits per heavy atom. The van der Waals surface area contributed by atoms with Crippen LogP contribution >= 0.6 is 22.9 Å². The van der Waals surface area contributed by atoms with Gasteiger partial charge in [-0.25, -0.2) is 4.79 Å². The van der Waals surface area contributed by atoms with Crippen LogP contribution in [0.2, 0.25) is 4.34 Å². The highest BCUT2D eigenvalue weighted by atomic mass is 35.5. The summed E-state index contributed by atoms with van der Waals surface area (Å²) >= 11 is 6.88. The normalized spacial score (nSPS) is 16.7. The van der Waals surface area contributed by atoms with Gasteiger partial charge >= 0.3 is 12.2 Å². The van der Waals surface area contributed by atoms with Gasteiger partial charge in [-0.05, 0) is 49.6 Å². The molecule has 0 bridgehead atoms. The van der Waals surface area contributed by atoms with Gasteiger partial charge in [-0.3, -0.25) is 14.4 Å². The van der Waals surface area contributed by atoms with Gasteiger partial charge < -0.3 is 30.9 Å². The summed E-state index contributed by atoms with van der Waals surface area (Å²) in [7, 11) is 0. The van der Waals surface area contributed by atoms with Gasteiger partial charge in [0, 0.05) is 24.8 Å². The van der Waals surface area contributed by atoms with Crippen molar-refractivity contribution in [2.45, 2.75) is 37.5 Å². The molecule has 1 aliphatic carbocycles. The molecular formula is C24H25ClF3N5O5S. The maximum absolute atomic E-state index is 13.9. The van der Waals surface area contributed by atoms with E-state index in [0.29, 0.717) is 10.4 Å². The molecule has 1 aliphatic heterocycles. The number of thiophene rings is 1. The maximum atomic E-state index is 13.9. The van der Waals surface area contributed by atoms with Crippen molar-refractivity contribution in [3.05, 3.63) is 45.1 Å². The van der Waals surface area contributed by atoms with Crippen molar-refractivity contribution in [3.63, 3.8) is 0 Å². The summed E-state index contributed by atoms with van der Waals surface area (Å²) in [5.74, 6) is -2.01. The zero-order chi connectivity index (χ0) is 28.2. The maximum Gasteiger partial charge on any atom is 0.418 e. The highest BCUT2D eigenvalue weighted by Crippen LogP contribution is 2.38. The fourth-order valence-electron chi connectivity index (χ4n) is 3.94. The van der Waals surface area contributed by atoms with E-state index in [2.05, 4.69) is 21.3 Å². The number of carbonyl (C=O) groups is 4. The molecule has 2 fully saturated rings. The van der Waals surface area contributed by atoms with Crippen molar-refractivity contribution >= 4 is 58.1 Å². The Labute approximate surface area is 230 Å². The van der Waals surface area contributed by atoms with Crippen molar-refractivity contribution in [3.8, 4) is 0 Å². The second-order valence-corrected chi connectivity index (χ2v) is 10.6. The molecule has 15 heteroatoms. The van der Waals surface area contributed by atoms with E-state index in [1.165, 1.54) is 18.2 Å². The van der Waals surface area contributed by atoms with E-state index >= 15 is 0 Å². The number of amides is 5. The molecule has 0 radical (unpaired) electrons. The van der Waals surface area contributed by atoms with Gasteiger partial charge in [0.2, 0.25) is 5.91 Å². The number of nitrogens with one attached hydrogen (secondary N) is 4. The van der Waals surface area contributed by atoms with Crippen LogP contribution in [-0.2, 0) is 20.5 Å². The van der Waals surface area contributed by atoms with Gasteiger partial charge in [0.05, 0.1) is 27.1 Å². The molecule has 1 saturated carbocycles. The summed E-state index contributed by atoms with van der Waals surface area (Å²) in [6.45, 7) is -0.647. The molecule has 39 heavy (non-hydrogen) atoms. The minimum atomic E-state index is -4.83. The molecule has 2 heterocycles. The minimum Gasteiger partial charge on any atom is -0.370 e. The van der Waals surface area contributed by atoms with Crippen LogP contribution in [0.3, 0.4) is 0 Å². The van der Waals surface area contributed by atoms with Crippen molar-refractivity contribution in [1.29, 1.82) is 0 Å². The minimum absolute atomic E-state index is 0.0404. The lowest BCUT2D eigenvalue weighted by Crippen LogP contribution is -2.55. The molecule has 5 amide bonds. The van der Waals surface area contributed by atoms with Crippen LogP contribution in [0.4, 0.5) is 29.3 Å². The van der Waals surface area contributed by atoms with E-state index in [1.54, 1.807) is 0 Å². The van der Waals surface area contributed by atoms with Crippen LogP contribution in [0.5, 0.6) is 0 Å². The smallest absolute Gasteiger partial charge is 0.370 e. The molecular weight excluding hydrogens is 563 g/mol. The molecule has 2 aliphatic rings. The fraction of sp³-hybridized carbons (Fsp3) is 0.417. The Hall–Kier alpha value is -3.36. The van der Waals surface area contributed by atoms with Crippen LogP contribution < -0.4 is 26.2 Å². The van der Waals surface area contributed by atoms with Crippen LogP contribution in [0.1, 0.15) is 34.5 Å². The van der Waals surface area contributed by atoms with Gasteiger partial charge in [-0.2, -0.15) is 13.2 Å². The number of ether oxygens (including phenoxy) is 1. The molecule has 4 N–H and O–H groups in total. The molecule has 0 unspecified atom stereocenters. The zero-order valence-corrected chi connectivity index (χ0v) is 22.0. The average molecular weight is 588 g/mol. The number of morpholine rings is 1. The number of halogens is 4. The van der Waals surface area contributed by atoms with Crippen molar-refractivity contribution < 1.29 is 37.1 Å². The quantitative estimate of drug-likeness (QED) is 0.376. The summed E-state index contributed by atoms with van der Waals surface area (Å²) in [6, 6.07) is 4.05. The standard InChI is InChI=1S/C24H25ClF3N5O5S/c25-19-7-6-18(39-19)22(36)29-11-16(32-23(37)31-13-2-1-3-13)21(35)30-14-4-5-17(15(10-14)24(26,27)28)33-8-9-38-12-20(33)34/h4-7,10,13,16H,1-3,8-9,11-12H2,(H,29,36)(H,30,35)(H2,31,32,37)/t16-/m0/s1. The Morgan fingerprint density at radius 3 is 2.56 bits per heavy atom. The number of rotatable bonds is 8. The number of hydrogen-bond acceptors (Lipinski definition) is 6. The van der Waals surface area contributed by atoms with Gasteiger partial charge in [-0.15, -0.1) is 11.3 Å². The van der Waals surface area contributed by atoms with Gasteiger partial charge in [0.1, 0.15) is 12.6 Å². The second-order valence-electron chi connectivity index (χ2n) is 8.93. The molecule has 1 saturated heterocycles. The number of hydrogen-bond donors (Lipinski definition) is 4. The molecule has 1 atom stereocenters. The first-order valence-electron chi connectivity index (χ1n) is 12.0. The summed E-state index contributed by atoms with van der Waals surface area (Å²) < 4.78 is 47.1. The number of alkyl halides is 3. The highest BCUT2D eigenvalue weighted by molar-refractivity contribution is 7.18. The third kappa shape index (κ3) is 7.40. The van der Waals surface area contributed by atoms with Crippen LogP contribution in [0, 0.1) is 0 Å². The second kappa shape index (κ2) is 12.2. The summed E-state index contributed by atoms with van der Waals surface area (Å²) in [5.41, 5.74) is -1.68. The Morgan fingerprint density at radius 1 is 1.18 bits per heavy atom. The van der Waals surface area contributed by atoms with E-state index in [9.17, 15) is 32.3 Å². The third-order valence-corrected chi connectivity index (χ3v) is 7.40. The Balaban J connectivity index is 1.50. The van der Waals surface area contributed by atoms with Crippen molar-refractivity contribution in [2.75, 3.05) is 36.5 Å². The Bertz CT molecular complexity index is 1250. The predicted octanol–water partition coefficient (Wildman–Crippen LogP) is 3.37. The monoisotopic (exact) mass is 587 g/mol. The molecule has 1 aromatic carbocycles. The van der Waals surface area contributed by atoms with E-state index in [0.717, 1.165) is 41.6 Å². The van der Waals surface area contributed by atoms with E-state index in [1.807, 2.05) is 0 Å². The Kier molecular flexibility index (Phi) is 8.97. The lowest BCUT2D eigenvalue weighted by Gasteiger charge is -2.29. The fourth-order valence-corrected chi connectivity index (χ4v) is 4.90. The summed E-state index contributed by atoms with van der Waals surface area (Å²) in [4.78, 5) is 51.4. The van der Waals surface area contributed by atoms with Crippen LogP contribution in [-0.4, -0.2) is 62.1 Å². The van der Waals surface area contributed by atoms with E-state index < -0.39 is 41.5 Å². The zero-order valence-electron chi connectivity index (χ0n) is 20.4. The molecule has 1 aromatic heterocycles. The third-order valence-electron chi connectivity index (χ3n) is 6.17. The van der Waals surface area contributed by atoms with Gasteiger partial charge in [0.25, 0.3) is 11.8 Å². The van der Waals surface area contributed by atoms with Gasteiger partial charge in [-0.1, -0.05) is 11.6 Å². The first-order chi connectivity index (χ1) is 18.5. The van der Waals surface area contributed by atoms with Crippen LogP contribution in [0.25, 0.3) is 0 Å². The number of urea groups is 1. The molecule has 2 aromatic rings. The van der Waals surface area contributed by atoms with Crippen molar-refractivity contribution in [1.82, 2.24) is 16.0 Å². The first kappa shape index (κ1) is 28.6. The molecule has 0 spiro atoms. The number of carbonyl (C=O) groups excluding carboxylic acids is 4. The lowest BCUT2D eigenvalue weighted by molar-refractivity contribution is -0.137. The first-order valence-corrected chi connectivity index (χ1v) is 13.2. The topological polar surface area (TPSA) is 129 Å². The van der Waals surface area contributed by atoms with Crippen LogP contribution in [0.15, 0.2) is 30.3 Å². The van der Waals surface area contributed by atoms with Crippen molar-refractivity contribution in [2.24, 2.45) is 0 Å². The van der Waals surface area contributed by atoms with E-state index in [4.69, 9.17) is 16.3 Å². The molecule has 4 rings (SSSR count). The summed E-state index contributed by atoms with van der Waals surface area (Å²) in [5, 5.41) is 10.1. The average Bonchev–Trinajstić information content (AvgIpc) is 3.30. The largest absolute Gasteiger partial charge is 0.418 e. The molecule has 210 valence electrons. The number of anilines is 2.